The van der Waals surface area contributed by atoms with Crippen LogP contribution in [0, 0.1) is 17.2 Å². The van der Waals surface area contributed by atoms with Gasteiger partial charge in [0.05, 0.1) is 6.07 Å². The summed E-state index contributed by atoms with van der Waals surface area (Å²) < 4.78 is 0. The maximum atomic E-state index is 12.6. The van der Waals surface area contributed by atoms with E-state index in [4.69, 9.17) is 5.26 Å². The first-order valence-corrected chi connectivity index (χ1v) is 9.46. The molecular weight excluding hydrogens is 342 g/mol. The van der Waals surface area contributed by atoms with E-state index in [2.05, 4.69) is 27.7 Å². The van der Waals surface area contributed by atoms with Crippen LogP contribution in [0.1, 0.15) is 25.8 Å². The number of rotatable bonds is 7. The Morgan fingerprint density at radius 1 is 1.15 bits per heavy atom. The van der Waals surface area contributed by atoms with Gasteiger partial charge in [0.2, 0.25) is 5.91 Å². The highest BCUT2D eigenvalue weighted by atomic mass is 16.2. The fourth-order valence-electron chi connectivity index (χ4n) is 3.14. The molecule has 1 unspecified atom stereocenters. The van der Waals surface area contributed by atoms with E-state index < -0.39 is 6.04 Å². The van der Waals surface area contributed by atoms with E-state index in [1.54, 1.807) is 4.90 Å². The average molecular weight is 371 g/mol. The van der Waals surface area contributed by atoms with Gasteiger partial charge < -0.3 is 15.5 Å². The summed E-state index contributed by atoms with van der Waals surface area (Å²) in [4.78, 5) is 28.9. The molecule has 7 heteroatoms. The molecule has 1 aliphatic heterocycles. The van der Waals surface area contributed by atoms with Crippen LogP contribution in [0.5, 0.6) is 0 Å². The van der Waals surface area contributed by atoms with Gasteiger partial charge in [-0.15, -0.1) is 0 Å². The van der Waals surface area contributed by atoms with Gasteiger partial charge >= 0.3 is 6.03 Å². The second-order valence-electron chi connectivity index (χ2n) is 7.26. The van der Waals surface area contributed by atoms with Crippen LogP contribution in [-0.4, -0.2) is 60.5 Å². The van der Waals surface area contributed by atoms with Crippen molar-refractivity contribution < 1.29 is 9.59 Å². The lowest BCUT2D eigenvalue weighted by Gasteiger charge is -2.35. The highest BCUT2D eigenvalue weighted by Crippen LogP contribution is 2.10. The SMILES string of the molecule is CC(C)CC(NC(=O)N1CCN(Cc2ccccc2)CC1)C(=O)NCC#N. The number of hydrogen-bond acceptors (Lipinski definition) is 4. The van der Waals surface area contributed by atoms with Gasteiger partial charge in [-0.25, -0.2) is 4.79 Å². The fourth-order valence-corrected chi connectivity index (χ4v) is 3.14. The predicted molar refractivity (Wildman–Crippen MR) is 104 cm³/mol. The number of piperazine rings is 1. The smallest absolute Gasteiger partial charge is 0.318 e. The zero-order chi connectivity index (χ0) is 19.6. The number of nitriles is 1. The first kappa shape index (κ1) is 20.7. The molecule has 0 saturated carbocycles. The summed E-state index contributed by atoms with van der Waals surface area (Å²) in [7, 11) is 0. The molecule has 2 N–H and O–H groups in total. The third-order valence-corrected chi connectivity index (χ3v) is 4.57. The summed E-state index contributed by atoms with van der Waals surface area (Å²) in [6, 6.07) is 11.3. The third-order valence-electron chi connectivity index (χ3n) is 4.57. The topological polar surface area (TPSA) is 88.5 Å². The van der Waals surface area contributed by atoms with Gasteiger partial charge in [-0.1, -0.05) is 44.2 Å². The molecule has 0 aliphatic carbocycles. The molecule has 3 amide bonds. The maximum absolute atomic E-state index is 12.6. The van der Waals surface area contributed by atoms with Crippen molar-refractivity contribution in [3.8, 4) is 6.07 Å². The molecule has 0 bridgehead atoms. The van der Waals surface area contributed by atoms with E-state index in [9.17, 15) is 9.59 Å². The Hall–Kier alpha value is -2.59. The average Bonchev–Trinajstić information content (AvgIpc) is 2.66. The summed E-state index contributed by atoms with van der Waals surface area (Å²) in [6.45, 7) is 7.69. The summed E-state index contributed by atoms with van der Waals surface area (Å²) in [6.07, 6.45) is 0.539. The minimum absolute atomic E-state index is 0.0541. The molecule has 1 atom stereocenters. The highest BCUT2D eigenvalue weighted by molar-refractivity contribution is 5.87. The van der Waals surface area contributed by atoms with Crippen LogP contribution in [0.25, 0.3) is 0 Å². The van der Waals surface area contributed by atoms with Crippen LogP contribution in [0.2, 0.25) is 0 Å². The van der Waals surface area contributed by atoms with Crippen molar-refractivity contribution in [3.05, 3.63) is 35.9 Å². The molecular formula is C20H29N5O2. The molecule has 27 heavy (non-hydrogen) atoms. The zero-order valence-corrected chi connectivity index (χ0v) is 16.1. The van der Waals surface area contributed by atoms with Crippen molar-refractivity contribution in [2.24, 2.45) is 5.92 Å². The molecule has 0 aromatic heterocycles. The van der Waals surface area contributed by atoms with Gasteiger partial charge in [-0.3, -0.25) is 9.69 Å². The summed E-state index contributed by atoms with van der Waals surface area (Å²) in [5.41, 5.74) is 1.27. The van der Waals surface area contributed by atoms with Gasteiger partial charge in [0, 0.05) is 32.7 Å². The Bertz CT molecular complexity index is 648. The first-order chi connectivity index (χ1) is 13.0. The Morgan fingerprint density at radius 3 is 2.41 bits per heavy atom. The monoisotopic (exact) mass is 371 g/mol. The first-order valence-electron chi connectivity index (χ1n) is 9.46. The molecule has 0 radical (unpaired) electrons. The summed E-state index contributed by atoms with van der Waals surface area (Å²) >= 11 is 0. The predicted octanol–water partition coefficient (Wildman–Crippen LogP) is 1.57. The van der Waals surface area contributed by atoms with Crippen molar-refractivity contribution in [3.63, 3.8) is 0 Å². The van der Waals surface area contributed by atoms with Crippen molar-refractivity contribution in [2.45, 2.75) is 32.9 Å². The minimum atomic E-state index is -0.617. The standard InChI is InChI=1S/C20H29N5O2/c1-16(2)14-18(19(26)22-9-8-21)23-20(27)25-12-10-24(11-13-25)15-17-6-4-3-5-7-17/h3-7,16,18H,9-15H2,1-2H3,(H,22,26)(H,23,27). The van der Waals surface area contributed by atoms with E-state index in [-0.39, 0.29) is 24.4 Å². The van der Waals surface area contributed by atoms with Crippen molar-refractivity contribution >= 4 is 11.9 Å². The van der Waals surface area contributed by atoms with Crippen molar-refractivity contribution in [1.82, 2.24) is 20.4 Å². The molecule has 1 aromatic rings. The van der Waals surface area contributed by atoms with E-state index in [1.807, 2.05) is 38.1 Å². The molecule has 1 heterocycles. The lowest BCUT2D eigenvalue weighted by atomic mass is 10.0. The molecule has 7 nitrogen and oxygen atoms in total. The maximum Gasteiger partial charge on any atom is 0.318 e. The van der Waals surface area contributed by atoms with Gasteiger partial charge in [0.1, 0.15) is 12.6 Å². The molecule has 1 aliphatic rings. The molecule has 146 valence electrons. The number of carbonyl (C=O) groups excluding carboxylic acids is 2. The minimum Gasteiger partial charge on any atom is -0.341 e. The number of nitrogens with one attached hydrogen (secondary N) is 2. The quantitative estimate of drug-likeness (QED) is 0.712. The summed E-state index contributed by atoms with van der Waals surface area (Å²) in [5, 5.41) is 14.0. The lowest BCUT2D eigenvalue weighted by molar-refractivity contribution is -0.123. The van der Waals surface area contributed by atoms with Gasteiger partial charge in [-0.2, -0.15) is 5.26 Å². The van der Waals surface area contributed by atoms with E-state index in [0.29, 0.717) is 19.5 Å². The molecule has 1 aromatic carbocycles. The summed E-state index contributed by atoms with van der Waals surface area (Å²) in [5.74, 6) is -0.0489. The van der Waals surface area contributed by atoms with Gasteiger partial charge in [0.15, 0.2) is 0 Å². The van der Waals surface area contributed by atoms with Crippen LogP contribution < -0.4 is 10.6 Å². The number of urea groups is 1. The number of carbonyl (C=O) groups is 2. The van der Waals surface area contributed by atoms with Gasteiger partial charge in [-0.05, 0) is 17.9 Å². The Kier molecular flexibility index (Phi) is 8.08. The number of amides is 3. The number of nitrogens with zero attached hydrogens (tertiary/aromatic N) is 3. The second-order valence-corrected chi connectivity index (χ2v) is 7.26. The molecule has 1 fully saturated rings. The lowest BCUT2D eigenvalue weighted by Crippen LogP contribution is -2.56. The van der Waals surface area contributed by atoms with Crippen LogP contribution in [0.15, 0.2) is 30.3 Å². The number of hydrogen-bond donors (Lipinski definition) is 2. The van der Waals surface area contributed by atoms with Crippen LogP contribution in [-0.2, 0) is 11.3 Å². The van der Waals surface area contributed by atoms with Crippen LogP contribution >= 0.6 is 0 Å². The molecule has 2 rings (SSSR count). The Balaban J connectivity index is 1.84. The zero-order valence-electron chi connectivity index (χ0n) is 16.1. The normalized spacial score (nSPS) is 15.9. The van der Waals surface area contributed by atoms with Crippen molar-refractivity contribution in [1.29, 1.82) is 5.26 Å². The Labute approximate surface area is 161 Å². The largest absolute Gasteiger partial charge is 0.341 e. The van der Waals surface area contributed by atoms with E-state index in [0.717, 1.165) is 19.6 Å². The van der Waals surface area contributed by atoms with Crippen LogP contribution in [0.3, 0.4) is 0 Å². The highest BCUT2D eigenvalue weighted by Gasteiger charge is 2.26. The molecule has 0 spiro atoms. The fraction of sp³-hybridized carbons (Fsp3) is 0.550. The number of benzene rings is 1. The van der Waals surface area contributed by atoms with Crippen molar-refractivity contribution in [2.75, 3.05) is 32.7 Å². The van der Waals surface area contributed by atoms with E-state index in [1.165, 1.54) is 5.56 Å². The van der Waals surface area contributed by atoms with Crippen LogP contribution in [0.4, 0.5) is 4.79 Å². The second kappa shape index (κ2) is 10.5. The third kappa shape index (κ3) is 6.91. The Morgan fingerprint density at radius 2 is 1.81 bits per heavy atom. The molecule has 1 saturated heterocycles. The van der Waals surface area contributed by atoms with Gasteiger partial charge in [0.25, 0.3) is 0 Å². The van der Waals surface area contributed by atoms with E-state index >= 15 is 0 Å².